The van der Waals surface area contributed by atoms with Gasteiger partial charge in [-0.05, 0) is 60.5 Å². The van der Waals surface area contributed by atoms with Gasteiger partial charge in [0.1, 0.15) is 0 Å². The van der Waals surface area contributed by atoms with Gasteiger partial charge in [-0.1, -0.05) is 47.6 Å². The number of halogens is 1. The molecule has 0 aliphatic rings. The first-order valence-electron chi connectivity index (χ1n) is 8.04. The van der Waals surface area contributed by atoms with Crippen molar-refractivity contribution in [3.63, 3.8) is 0 Å². The van der Waals surface area contributed by atoms with Crippen LogP contribution in [0.3, 0.4) is 0 Å². The van der Waals surface area contributed by atoms with Crippen molar-refractivity contribution in [1.82, 2.24) is 20.2 Å². The second-order valence-corrected chi connectivity index (χ2v) is 7.62. The number of nitrogens with one attached hydrogen (secondary N) is 1. The fourth-order valence-electron chi connectivity index (χ4n) is 2.55. The van der Waals surface area contributed by atoms with E-state index in [9.17, 15) is 4.79 Å². The number of aromatic nitrogens is 4. The van der Waals surface area contributed by atoms with Gasteiger partial charge in [0.05, 0.1) is 10.9 Å². The molecule has 1 amide bonds. The van der Waals surface area contributed by atoms with E-state index in [2.05, 4.69) is 20.8 Å². The van der Waals surface area contributed by atoms with Crippen molar-refractivity contribution in [2.24, 2.45) is 0 Å². The molecule has 0 spiro atoms. The third-order valence-corrected chi connectivity index (χ3v) is 5.10. The van der Waals surface area contributed by atoms with Crippen molar-refractivity contribution in [2.45, 2.75) is 31.2 Å². The molecule has 26 heavy (non-hydrogen) atoms. The third kappa shape index (κ3) is 4.05. The molecule has 1 heterocycles. The summed E-state index contributed by atoms with van der Waals surface area (Å²) in [5.41, 5.74) is 3.72. The molecular formula is C18H18ClN5OS. The summed E-state index contributed by atoms with van der Waals surface area (Å²) in [6, 6.07) is 13.1. The highest BCUT2D eigenvalue weighted by Gasteiger charge is 2.20. The third-order valence-electron chi connectivity index (χ3n) is 3.84. The van der Waals surface area contributed by atoms with Gasteiger partial charge in [-0.25, -0.2) is 0 Å². The fraction of sp³-hybridized carbons (Fsp3) is 0.222. The second kappa shape index (κ2) is 7.88. The van der Waals surface area contributed by atoms with Crippen molar-refractivity contribution in [3.8, 4) is 5.69 Å². The lowest BCUT2D eigenvalue weighted by Gasteiger charge is -2.14. The molecule has 0 aliphatic heterocycles. The molecule has 3 rings (SSSR count). The molecule has 8 heteroatoms. The Morgan fingerprint density at radius 3 is 2.58 bits per heavy atom. The number of hydrogen-bond donors (Lipinski definition) is 1. The standard InChI is InChI=1S/C18H18ClN5OS/c1-11-6-4-7-12(2)16(11)24-18(21-22-23-24)26-13(3)17(25)20-15-9-5-8-14(19)10-15/h4-10,13H,1-3H3,(H,20,25)/t13-/m1/s1. The molecule has 1 atom stereocenters. The van der Waals surface area contributed by atoms with Gasteiger partial charge >= 0.3 is 0 Å². The lowest BCUT2D eigenvalue weighted by Crippen LogP contribution is -2.23. The lowest BCUT2D eigenvalue weighted by molar-refractivity contribution is -0.115. The number of rotatable bonds is 5. The van der Waals surface area contributed by atoms with E-state index < -0.39 is 0 Å². The topological polar surface area (TPSA) is 72.7 Å². The summed E-state index contributed by atoms with van der Waals surface area (Å²) in [6.07, 6.45) is 0. The molecule has 6 nitrogen and oxygen atoms in total. The average Bonchev–Trinajstić information content (AvgIpc) is 3.02. The number of hydrogen-bond acceptors (Lipinski definition) is 5. The molecule has 1 N–H and O–H groups in total. The van der Waals surface area contributed by atoms with E-state index in [4.69, 9.17) is 11.6 Å². The predicted octanol–water partition coefficient (Wildman–Crippen LogP) is 4.05. The Morgan fingerprint density at radius 1 is 1.19 bits per heavy atom. The summed E-state index contributed by atoms with van der Waals surface area (Å²) < 4.78 is 1.68. The smallest absolute Gasteiger partial charge is 0.237 e. The van der Waals surface area contributed by atoms with E-state index in [1.165, 1.54) is 11.8 Å². The Labute approximate surface area is 160 Å². The monoisotopic (exact) mass is 387 g/mol. The summed E-state index contributed by atoms with van der Waals surface area (Å²) in [7, 11) is 0. The van der Waals surface area contributed by atoms with Crippen molar-refractivity contribution in [3.05, 3.63) is 58.6 Å². The van der Waals surface area contributed by atoms with Crippen molar-refractivity contribution in [1.29, 1.82) is 0 Å². The highest BCUT2D eigenvalue weighted by molar-refractivity contribution is 8.00. The highest BCUT2D eigenvalue weighted by Crippen LogP contribution is 2.27. The van der Waals surface area contributed by atoms with Crippen LogP contribution in [0, 0.1) is 13.8 Å². The largest absolute Gasteiger partial charge is 0.325 e. The minimum Gasteiger partial charge on any atom is -0.325 e. The summed E-state index contributed by atoms with van der Waals surface area (Å²) in [5, 5.41) is 15.6. The van der Waals surface area contributed by atoms with Gasteiger partial charge in [-0.3, -0.25) is 4.79 Å². The number of carbonyl (C=O) groups excluding carboxylic acids is 1. The van der Waals surface area contributed by atoms with Gasteiger partial charge in [0.25, 0.3) is 0 Å². The Bertz CT molecular complexity index is 923. The number of aryl methyl sites for hydroxylation is 2. The summed E-state index contributed by atoms with van der Waals surface area (Å²) >= 11 is 7.26. The van der Waals surface area contributed by atoms with Crippen LogP contribution < -0.4 is 5.32 Å². The van der Waals surface area contributed by atoms with Crippen molar-refractivity contribution in [2.75, 3.05) is 5.32 Å². The zero-order chi connectivity index (χ0) is 18.7. The summed E-state index contributed by atoms with van der Waals surface area (Å²) in [6.45, 7) is 5.83. The maximum atomic E-state index is 12.5. The van der Waals surface area contributed by atoms with Crippen LogP contribution in [0.2, 0.25) is 5.02 Å². The molecule has 0 unspecified atom stereocenters. The molecule has 0 saturated carbocycles. The van der Waals surface area contributed by atoms with Crippen LogP contribution in [0.5, 0.6) is 0 Å². The minimum absolute atomic E-state index is 0.145. The van der Waals surface area contributed by atoms with Crippen LogP contribution in [-0.2, 0) is 4.79 Å². The second-order valence-electron chi connectivity index (χ2n) is 5.87. The Balaban J connectivity index is 1.77. The van der Waals surface area contributed by atoms with E-state index in [0.717, 1.165) is 16.8 Å². The summed E-state index contributed by atoms with van der Waals surface area (Å²) in [4.78, 5) is 12.5. The van der Waals surface area contributed by atoms with E-state index >= 15 is 0 Å². The number of carbonyl (C=O) groups is 1. The maximum Gasteiger partial charge on any atom is 0.237 e. The number of amides is 1. The average molecular weight is 388 g/mol. The quantitative estimate of drug-likeness (QED) is 0.668. The van der Waals surface area contributed by atoms with Crippen LogP contribution in [-0.4, -0.2) is 31.4 Å². The molecule has 0 saturated heterocycles. The number of nitrogens with zero attached hydrogens (tertiary/aromatic N) is 4. The molecule has 134 valence electrons. The first-order valence-corrected chi connectivity index (χ1v) is 9.29. The van der Waals surface area contributed by atoms with Gasteiger partial charge in [0.15, 0.2) is 0 Å². The van der Waals surface area contributed by atoms with E-state index in [0.29, 0.717) is 15.9 Å². The first kappa shape index (κ1) is 18.4. The number of tetrazole rings is 1. The molecule has 2 aromatic carbocycles. The SMILES string of the molecule is Cc1cccc(C)c1-n1nnnc1S[C@H](C)C(=O)Nc1cccc(Cl)c1. The predicted molar refractivity (Wildman–Crippen MR) is 104 cm³/mol. The van der Waals surface area contributed by atoms with E-state index in [1.807, 2.05) is 39.0 Å². The van der Waals surface area contributed by atoms with Crippen LogP contribution in [0.1, 0.15) is 18.1 Å². The Hall–Kier alpha value is -2.38. The first-order chi connectivity index (χ1) is 12.5. The van der Waals surface area contributed by atoms with Crippen LogP contribution in [0.15, 0.2) is 47.6 Å². The lowest BCUT2D eigenvalue weighted by atomic mass is 10.1. The maximum absolute atomic E-state index is 12.5. The Morgan fingerprint density at radius 2 is 1.88 bits per heavy atom. The number of benzene rings is 2. The normalized spacial score (nSPS) is 12.0. The number of anilines is 1. The van der Waals surface area contributed by atoms with E-state index in [-0.39, 0.29) is 11.2 Å². The molecular weight excluding hydrogens is 370 g/mol. The van der Waals surface area contributed by atoms with Crippen LogP contribution in [0.4, 0.5) is 5.69 Å². The van der Waals surface area contributed by atoms with Gasteiger partial charge in [-0.2, -0.15) is 4.68 Å². The van der Waals surface area contributed by atoms with Gasteiger partial charge in [-0.15, -0.1) is 5.10 Å². The molecule has 0 radical (unpaired) electrons. The Kier molecular flexibility index (Phi) is 5.58. The zero-order valence-electron chi connectivity index (χ0n) is 14.6. The fourth-order valence-corrected chi connectivity index (χ4v) is 3.54. The van der Waals surface area contributed by atoms with Gasteiger partial charge in [0, 0.05) is 10.7 Å². The number of thioether (sulfide) groups is 1. The zero-order valence-corrected chi connectivity index (χ0v) is 16.2. The highest BCUT2D eigenvalue weighted by atomic mass is 35.5. The van der Waals surface area contributed by atoms with Crippen LogP contribution in [0.25, 0.3) is 5.69 Å². The molecule has 1 aromatic heterocycles. The van der Waals surface area contributed by atoms with Crippen molar-refractivity contribution >= 4 is 35.0 Å². The van der Waals surface area contributed by atoms with Crippen LogP contribution >= 0.6 is 23.4 Å². The van der Waals surface area contributed by atoms with E-state index in [1.54, 1.807) is 28.9 Å². The molecule has 0 bridgehead atoms. The van der Waals surface area contributed by atoms with Gasteiger partial charge < -0.3 is 5.32 Å². The van der Waals surface area contributed by atoms with Crippen molar-refractivity contribution < 1.29 is 4.79 Å². The van der Waals surface area contributed by atoms with Gasteiger partial charge in [0.2, 0.25) is 11.1 Å². The minimum atomic E-state index is -0.386. The summed E-state index contributed by atoms with van der Waals surface area (Å²) in [5.74, 6) is -0.145. The number of para-hydroxylation sites is 1. The molecule has 3 aromatic rings. The molecule has 0 aliphatic carbocycles. The molecule has 0 fully saturated rings.